The molecule has 2 fully saturated rings. The van der Waals surface area contributed by atoms with Crippen LogP contribution in [0.5, 0.6) is 0 Å². The summed E-state index contributed by atoms with van der Waals surface area (Å²) in [6.45, 7) is 3.36. The fourth-order valence-corrected chi connectivity index (χ4v) is 6.12. The summed E-state index contributed by atoms with van der Waals surface area (Å²) < 4.78 is 43.4. The number of carbonyl (C=O) groups is 1. The topological polar surface area (TPSA) is 71.2 Å². The molecule has 2 bridgehead atoms. The number of hydrogen-bond donors (Lipinski definition) is 2. The van der Waals surface area contributed by atoms with Gasteiger partial charge in [-0.2, -0.15) is 0 Å². The lowest BCUT2D eigenvalue weighted by Crippen LogP contribution is -2.37. The van der Waals surface area contributed by atoms with Crippen molar-refractivity contribution in [2.75, 3.05) is 30.3 Å². The van der Waals surface area contributed by atoms with Gasteiger partial charge < -0.3 is 16.0 Å². The number of anilines is 2. The van der Waals surface area contributed by atoms with Gasteiger partial charge in [-0.1, -0.05) is 6.92 Å². The molecule has 9 heteroatoms. The van der Waals surface area contributed by atoms with Gasteiger partial charge in [0.1, 0.15) is 27.2 Å². The summed E-state index contributed by atoms with van der Waals surface area (Å²) in [5.41, 5.74) is 6.70. The number of piperidine rings is 1. The number of nitrogens with zero attached hydrogens (tertiary/aromatic N) is 2. The SMILES string of the molecule is C[C@H](CNC(=O)c1sc2ncc(F)cc2c1N)c1cc(F)c(N2CC3CCC(C3)C2)cc1F. The Bertz CT molecular complexity index is 1220. The van der Waals surface area contributed by atoms with E-state index in [0.717, 1.165) is 43.5 Å². The van der Waals surface area contributed by atoms with Crippen molar-refractivity contribution < 1.29 is 18.0 Å². The number of nitrogens with two attached hydrogens (primary N) is 1. The maximum atomic E-state index is 15.0. The summed E-state index contributed by atoms with van der Waals surface area (Å²) >= 11 is 1.06. The predicted octanol–water partition coefficient (Wildman–Crippen LogP) is 5.07. The first-order chi connectivity index (χ1) is 15.8. The first-order valence-corrected chi connectivity index (χ1v) is 12.0. The van der Waals surface area contributed by atoms with Crippen LogP contribution in [0.3, 0.4) is 0 Å². The monoisotopic (exact) mass is 474 g/mol. The molecule has 5 rings (SSSR count). The van der Waals surface area contributed by atoms with E-state index in [1.165, 1.54) is 24.6 Å². The minimum absolute atomic E-state index is 0.0951. The van der Waals surface area contributed by atoms with Crippen molar-refractivity contribution in [3.8, 4) is 0 Å². The fraction of sp³-hybridized carbons (Fsp3) is 0.417. The first-order valence-electron chi connectivity index (χ1n) is 11.2. The Morgan fingerprint density at radius 2 is 1.94 bits per heavy atom. The van der Waals surface area contributed by atoms with E-state index in [1.54, 1.807) is 6.92 Å². The molecule has 0 spiro atoms. The molecule has 2 unspecified atom stereocenters. The molecular formula is C24H25F3N4OS. The van der Waals surface area contributed by atoms with E-state index in [2.05, 4.69) is 10.3 Å². The van der Waals surface area contributed by atoms with Crippen molar-refractivity contribution in [2.45, 2.75) is 32.1 Å². The molecule has 0 radical (unpaired) electrons. The van der Waals surface area contributed by atoms with Crippen LogP contribution >= 0.6 is 11.3 Å². The molecule has 33 heavy (non-hydrogen) atoms. The van der Waals surface area contributed by atoms with Gasteiger partial charge in [-0.05, 0) is 48.8 Å². The van der Waals surface area contributed by atoms with Crippen molar-refractivity contribution in [3.63, 3.8) is 0 Å². The maximum absolute atomic E-state index is 15.0. The molecule has 2 aromatic heterocycles. The van der Waals surface area contributed by atoms with E-state index in [1.807, 2.05) is 4.90 Å². The molecule has 1 aliphatic carbocycles. The average molecular weight is 475 g/mol. The molecule has 1 amide bonds. The van der Waals surface area contributed by atoms with Gasteiger partial charge in [0.05, 0.1) is 17.6 Å². The number of rotatable bonds is 5. The number of thiophene rings is 1. The van der Waals surface area contributed by atoms with Crippen LogP contribution in [-0.4, -0.2) is 30.5 Å². The molecule has 1 aliphatic heterocycles. The second-order valence-electron chi connectivity index (χ2n) is 9.24. The standard InChI is InChI=1S/C24H25F3N4OS/c1-12(8-29-23(32)22-21(28)17-5-15(25)9-30-24(17)33-22)16-6-19(27)20(7-18(16)26)31-10-13-2-3-14(4-13)11-31/h5-7,9,12-14H,2-4,8,10-11,28H2,1H3,(H,29,32)/t12-,13?,14?/m1/s1. The fourth-order valence-electron chi connectivity index (χ4n) is 5.16. The molecule has 5 nitrogen and oxygen atoms in total. The zero-order valence-electron chi connectivity index (χ0n) is 18.2. The lowest BCUT2D eigenvalue weighted by atomic mass is 9.96. The molecule has 3 heterocycles. The first kappa shape index (κ1) is 22.0. The third-order valence-electron chi connectivity index (χ3n) is 6.87. The van der Waals surface area contributed by atoms with Crippen LogP contribution in [0.15, 0.2) is 24.4 Å². The normalized spacial score (nSPS) is 20.9. The lowest BCUT2D eigenvalue weighted by molar-refractivity contribution is 0.0956. The highest BCUT2D eigenvalue weighted by Gasteiger charge is 2.34. The van der Waals surface area contributed by atoms with Crippen molar-refractivity contribution >= 4 is 38.8 Å². The molecule has 1 saturated heterocycles. The summed E-state index contributed by atoms with van der Waals surface area (Å²) in [6.07, 6.45) is 4.58. The quantitative estimate of drug-likeness (QED) is 0.542. The van der Waals surface area contributed by atoms with Gasteiger partial charge in [-0.25, -0.2) is 18.2 Å². The minimum atomic E-state index is -0.536. The number of carbonyl (C=O) groups excluding carboxylic acids is 1. The summed E-state index contributed by atoms with van der Waals surface area (Å²) in [6, 6.07) is 3.78. The second kappa shape index (κ2) is 8.52. The largest absolute Gasteiger partial charge is 0.397 e. The highest BCUT2D eigenvalue weighted by molar-refractivity contribution is 7.21. The zero-order chi connectivity index (χ0) is 23.3. The Morgan fingerprint density at radius 1 is 1.21 bits per heavy atom. The van der Waals surface area contributed by atoms with Gasteiger partial charge in [0.2, 0.25) is 0 Å². The molecule has 1 saturated carbocycles. The molecular weight excluding hydrogens is 449 g/mol. The van der Waals surface area contributed by atoms with Crippen LogP contribution in [0.1, 0.15) is 47.3 Å². The lowest BCUT2D eigenvalue weighted by Gasteiger charge is -2.34. The number of nitrogens with one attached hydrogen (secondary N) is 1. The number of halogens is 3. The van der Waals surface area contributed by atoms with E-state index >= 15 is 0 Å². The smallest absolute Gasteiger partial charge is 0.263 e. The number of hydrogen-bond acceptors (Lipinski definition) is 5. The van der Waals surface area contributed by atoms with Crippen LogP contribution in [0.25, 0.3) is 10.2 Å². The maximum Gasteiger partial charge on any atom is 0.263 e. The highest BCUT2D eigenvalue weighted by atomic mass is 32.1. The average Bonchev–Trinajstić information content (AvgIpc) is 3.31. The van der Waals surface area contributed by atoms with E-state index in [9.17, 15) is 18.0 Å². The molecule has 3 N–H and O–H groups in total. The Balaban J connectivity index is 1.29. The Labute approximate surface area is 193 Å². The summed E-state index contributed by atoms with van der Waals surface area (Å²) in [5.74, 6) is -1.24. The molecule has 1 aromatic carbocycles. The summed E-state index contributed by atoms with van der Waals surface area (Å²) in [7, 11) is 0. The number of aromatic nitrogens is 1. The zero-order valence-corrected chi connectivity index (χ0v) is 19.0. The molecule has 2 aliphatic rings. The molecule has 3 atom stereocenters. The van der Waals surface area contributed by atoms with Crippen molar-refractivity contribution in [2.24, 2.45) is 11.8 Å². The van der Waals surface area contributed by atoms with Gasteiger partial charge >= 0.3 is 0 Å². The Kier molecular flexibility index (Phi) is 5.68. The summed E-state index contributed by atoms with van der Waals surface area (Å²) in [5, 5.41) is 3.11. The van der Waals surface area contributed by atoms with Crippen molar-refractivity contribution in [1.82, 2.24) is 10.3 Å². The Morgan fingerprint density at radius 3 is 2.67 bits per heavy atom. The van der Waals surface area contributed by atoms with E-state index in [4.69, 9.17) is 5.73 Å². The third-order valence-corrected chi connectivity index (χ3v) is 8.00. The predicted molar refractivity (Wildman–Crippen MR) is 124 cm³/mol. The summed E-state index contributed by atoms with van der Waals surface area (Å²) in [4.78, 5) is 19.3. The number of amides is 1. The van der Waals surface area contributed by atoms with Gasteiger partial charge in [0, 0.05) is 37.0 Å². The van der Waals surface area contributed by atoms with Gasteiger partial charge in [-0.3, -0.25) is 4.79 Å². The van der Waals surface area contributed by atoms with Crippen molar-refractivity contribution in [1.29, 1.82) is 0 Å². The van der Waals surface area contributed by atoms with Crippen LogP contribution in [0, 0.1) is 29.3 Å². The van der Waals surface area contributed by atoms with Gasteiger partial charge in [-0.15, -0.1) is 11.3 Å². The molecule has 174 valence electrons. The number of pyridine rings is 1. The third kappa shape index (κ3) is 4.14. The number of benzene rings is 1. The van der Waals surface area contributed by atoms with Crippen LogP contribution in [-0.2, 0) is 0 Å². The molecule has 3 aromatic rings. The van der Waals surface area contributed by atoms with Gasteiger partial charge in [0.25, 0.3) is 5.91 Å². The number of fused-ring (bicyclic) bond motifs is 3. The van der Waals surface area contributed by atoms with E-state index < -0.39 is 29.3 Å². The second-order valence-corrected chi connectivity index (χ2v) is 10.2. The van der Waals surface area contributed by atoms with Crippen LogP contribution in [0.2, 0.25) is 0 Å². The van der Waals surface area contributed by atoms with Crippen molar-refractivity contribution in [3.05, 3.63) is 52.3 Å². The van der Waals surface area contributed by atoms with Gasteiger partial charge in [0.15, 0.2) is 0 Å². The van der Waals surface area contributed by atoms with Crippen LogP contribution in [0.4, 0.5) is 24.5 Å². The minimum Gasteiger partial charge on any atom is -0.397 e. The highest BCUT2D eigenvalue weighted by Crippen LogP contribution is 2.39. The Hall–Kier alpha value is -2.81. The van der Waals surface area contributed by atoms with E-state index in [-0.39, 0.29) is 22.7 Å². The number of nitrogen functional groups attached to an aromatic ring is 1. The van der Waals surface area contributed by atoms with Crippen LogP contribution < -0.4 is 16.0 Å². The van der Waals surface area contributed by atoms with E-state index in [0.29, 0.717) is 27.7 Å².